The Morgan fingerprint density at radius 2 is 1.59 bits per heavy atom. The van der Waals surface area contributed by atoms with Crippen LogP contribution in [0.3, 0.4) is 0 Å². The van der Waals surface area contributed by atoms with E-state index in [0.29, 0.717) is 22.5 Å². The number of carbonyl (C=O) groups is 1. The molecular formula is C41H41ClF2IN7O4. The molecule has 5 aromatic rings. The highest BCUT2D eigenvalue weighted by atomic mass is 127. The first kappa shape index (κ1) is 40.6. The summed E-state index contributed by atoms with van der Waals surface area (Å²) >= 11 is 9.09. The molecule has 0 aliphatic carbocycles. The van der Waals surface area contributed by atoms with E-state index in [-0.39, 0.29) is 59.1 Å². The Bertz CT molecular complexity index is 2240. The molecule has 1 aliphatic heterocycles. The van der Waals surface area contributed by atoms with Crippen LogP contribution in [0.15, 0.2) is 60.7 Å². The fourth-order valence-corrected chi connectivity index (χ4v) is 7.42. The first-order valence-corrected chi connectivity index (χ1v) is 19.3. The van der Waals surface area contributed by atoms with E-state index in [4.69, 9.17) is 30.8 Å². The molecule has 0 unspecified atom stereocenters. The second kappa shape index (κ2) is 17.0. The number of fused-ring (bicyclic) bond motifs is 1. The minimum absolute atomic E-state index is 0.00570. The van der Waals surface area contributed by atoms with E-state index < -0.39 is 29.6 Å². The summed E-state index contributed by atoms with van der Waals surface area (Å²) in [5.41, 5.74) is 2.07. The number of amides is 1. The molecule has 3 aromatic carbocycles. The number of hydrogen-bond donors (Lipinski definition) is 0. The van der Waals surface area contributed by atoms with Crippen molar-refractivity contribution in [1.82, 2.24) is 19.9 Å². The van der Waals surface area contributed by atoms with Gasteiger partial charge in [-0.3, -0.25) is 0 Å². The molecule has 292 valence electrons. The summed E-state index contributed by atoms with van der Waals surface area (Å²) in [6.45, 7) is 8.63. The molecule has 1 fully saturated rings. The summed E-state index contributed by atoms with van der Waals surface area (Å²) in [6.07, 6.45) is -1.70. The Labute approximate surface area is 343 Å². The highest BCUT2D eigenvalue weighted by Gasteiger charge is 2.35. The van der Waals surface area contributed by atoms with E-state index in [2.05, 4.69) is 43.5 Å². The SMILES string of the molecule is COc1ccc(CN(Cc2ccc(OC)cc2)c2cc(C)c(I)c(-c3c(Cl)cc4c(N5CCN(C(=O)OC(C)(C)C)[C@@H](CC#N)C5)nc(F)nc4c3F)n2)cc1. The van der Waals surface area contributed by atoms with Gasteiger partial charge >= 0.3 is 12.2 Å². The van der Waals surface area contributed by atoms with Crippen molar-refractivity contribution < 1.29 is 27.8 Å². The zero-order valence-corrected chi connectivity index (χ0v) is 34.8. The van der Waals surface area contributed by atoms with Crippen molar-refractivity contribution in [3.63, 3.8) is 0 Å². The van der Waals surface area contributed by atoms with Crippen molar-refractivity contribution in [2.75, 3.05) is 43.7 Å². The number of nitrogens with zero attached hydrogens (tertiary/aromatic N) is 7. The Balaban J connectivity index is 1.40. The average molecular weight is 896 g/mol. The molecule has 56 heavy (non-hydrogen) atoms. The first-order chi connectivity index (χ1) is 26.7. The molecule has 0 radical (unpaired) electrons. The van der Waals surface area contributed by atoms with Crippen LogP contribution in [-0.4, -0.2) is 71.4 Å². The topological polar surface area (TPSA) is 117 Å². The number of methoxy groups -OCH3 is 2. The summed E-state index contributed by atoms with van der Waals surface area (Å²) in [7, 11) is 3.23. The van der Waals surface area contributed by atoms with E-state index in [9.17, 15) is 10.1 Å². The Morgan fingerprint density at radius 3 is 2.14 bits per heavy atom. The molecule has 6 rings (SSSR count). The maximum absolute atomic E-state index is 17.0. The molecule has 0 bridgehead atoms. The normalized spacial score (nSPS) is 14.4. The number of ether oxygens (including phenoxy) is 3. The fraction of sp³-hybridized carbons (Fsp3) is 0.341. The number of carbonyl (C=O) groups excluding carboxylic acids is 1. The van der Waals surface area contributed by atoms with E-state index in [1.807, 2.05) is 61.5 Å². The highest BCUT2D eigenvalue weighted by molar-refractivity contribution is 14.1. The number of rotatable bonds is 10. The Morgan fingerprint density at radius 1 is 0.982 bits per heavy atom. The third kappa shape index (κ3) is 9.00. The van der Waals surface area contributed by atoms with Crippen molar-refractivity contribution in [1.29, 1.82) is 5.26 Å². The highest BCUT2D eigenvalue weighted by Crippen LogP contribution is 2.41. The number of piperazine rings is 1. The molecule has 11 nitrogen and oxygen atoms in total. The zero-order valence-electron chi connectivity index (χ0n) is 31.9. The van der Waals surface area contributed by atoms with E-state index in [1.165, 1.54) is 11.0 Å². The van der Waals surface area contributed by atoms with Gasteiger partial charge in [0.15, 0.2) is 5.82 Å². The zero-order chi connectivity index (χ0) is 40.3. The molecule has 3 heterocycles. The van der Waals surface area contributed by atoms with E-state index in [1.54, 1.807) is 39.9 Å². The number of aromatic nitrogens is 3. The molecule has 2 aromatic heterocycles. The number of pyridine rings is 1. The number of benzene rings is 3. The second-order valence-corrected chi connectivity index (χ2v) is 15.9. The van der Waals surface area contributed by atoms with Gasteiger partial charge in [-0.15, -0.1) is 0 Å². The maximum Gasteiger partial charge on any atom is 0.410 e. The van der Waals surface area contributed by atoms with Gasteiger partial charge in [0.25, 0.3) is 0 Å². The third-order valence-corrected chi connectivity index (χ3v) is 11.0. The lowest BCUT2D eigenvalue weighted by Gasteiger charge is -2.41. The average Bonchev–Trinajstić information content (AvgIpc) is 3.16. The summed E-state index contributed by atoms with van der Waals surface area (Å²) in [6, 6.07) is 20.5. The van der Waals surface area contributed by atoms with Gasteiger partial charge in [0.1, 0.15) is 34.3 Å². The number of aryl methyl sites for hydroxylation is 1. The summed E-state index contributed by atoms with van der Waals surface area (Å²) in [5.74, 6) is 1.28. The quantitative estimate of drug-likeness (QED) is 0.0993. The molecule has 1 atom stereocenters. The molecule has 15 heteroatoms. The number of anilines is 2. The largest absolute Gasteiger partial charge is 0.497 e. The van der Waals surface area contributed by atoms with Gasteiger partial charge in [0.05, 0.1) is 49.0 Å². The summed E-state index contributed by atoms with van der Waals surface area (Å²) in [5, 5.41) is 9.81. The molecular weight excluding hydrogens is 855 g/mol. The molecule has 1 saturated heterocycles. The molecule has 0 spiro atoms. The van der Waals surface area contributed by atoms with Crippen LogP contribution >= 0.6 is 34.2 Å². The van der Waals surface area contributed by atoms with Crippen LogP contribution in [0.5, 0.6) is 11.5 Å². The predicted octanol–water partition coefficient (Wildman–Crippen LogP) is 9.10. The minimum atomic E-state index is -1.14. The first-order valence-electron chi connectivity index (χ1n) is 17.8. The lowest BCUT2D eigenvalue weighted by atomic mass is 10.0. The minimum Gasteiger partial charge on any atom is -0.497 e. The smallest absolute Gasteiger partial charge is 0.410 e. The lowest BCUT2D eigenvalue weighted by Crippen LogP contribution is -2.56. The van der Waals surface area contributed by atoms with Gasteiger partial charge in [0.2, 0.25) is 0 Å². The van der Waals surface area contributed by atoms with Gasteiger partial charge in [-0.1, -0.05) is 35.9 Å². The van der Waals surface area contributed by atoms with Gasteiger partial charge in [-0.2, -0.15) is 19.6 Å². The molecule has 1 aliphatic rings. The maximum atomic E-state index is 17.0. The fourth-order valence-electron chi connectivity index (χ4n) is 6.59. The van der Waals surface area contributed by atoms with Gasteiger partial charge in [0, 0.05) is 41.7 Å². The van der Waals surface area contributed by atoms with Crippen molar-refractivity contribution in [2.24, 2.45) is 0 Å². The van der Waals surface area contributed by atoms with Gasteiger partial charge < -0.3 is 28.9 Å². The standard InChI is InChI=1S/C41H41ClF2IN7O4/c1-24-19-32(51(21-25-7-11-28(54-5)12-8-25)22-26-9-13-29(55-6)14-10-26)47-37(35(24)45)33-31(42)20-30-36(34(33)43)48-39(44)49-38(30)50-17-18-52(27(23-50)15-16-46)40(53)56-41(2,3)4/h7-14,19-20,27H,15,17-18,21-23H2,1-6H3/t27-/m0/s1. The van der Waals surface area contributed by atoms with Crippen molar-refractivity contribution in [2.45, 2.75) is 58.8 Å². The molecule has 1 amide bonds. The van der Waals surface area contributed by atoms with Gasteiger partial charge in [-0.25, -0.2) is 14.2 Å². The second-order valence-electron chi connectivity index (χ2n) is 14.4. The number of halogens is 4. The van der Waals surface area contributed by atoms with Crippen molar-refractivity contribution >= 4 is 62.8 Å². The Hall–Kier alpha value is -5.01. The monoisotopic (exact) mass is 895 g/mol. The molecule has 0 saturated carbocycles. The third-order valence-electron chi connectivity index (χ3n) is 9.32. The van der Waals surface area contributed by atoms with Crippen LogP contribution in [-0.2, 0) is 17.8 Å². The number of hydrogen-bond acceptors (Lipinski definition) is 10. The number of nitriles is 1. The van der Waals surface area contributed by atoms with Crippen LogP contribution in [0, 0.1) is 33.7 Å². The van der Waals surface area contributed by atoms with Crippen molar-refractivity contribution in [3.05, 3.63) is 97.8 Å². The Kier molecular flexibility index (Phi) is 12.3. The van der Waals surface area contributed by atoms with Crippen LogP contribution < -0.4 is 19.3 Å². The van der Waals surface area contributed by atoms with Gasteiger partial charge in [-0.05, 0) is 103 Å². The van der Waals surface area contributed by atoms with Crippen LogP contribution in [0.1, 0.15) is 43.9 Å². The molecule has 0 N–H and O–H groups in total. The summed E-state index contributed by atoms with van der Waals surface area (Å²) in [4.78, 5) is 31.3. The van der Waals surface area contributed by atoms with Crippen LogP contribution in [0.2, 0.25) is 5.02 Å². The van der Waals surface area contributed by atoms with E-state index >= 15 is 8.78 Å². The van der Waals surface area contributed by atoms with E-state index in [0.717, 1.165) is 28.2 Å². The predicted molar refractivity (Wildman–Crippen MR) is 220 cm³/mol. The van der Waals surface area contributed by atoms with Crippen LogP contribution in [0.25, 0.3) is 22.2 Å². The van der Waals surface area contributed by atoms with Crippen LogP contribution in [0.4, 0.5) is 25.2 Å². The van der Waals surface area contributed by atoms with Crippen molar-refractivity contribution in [3.8, 4) is 28.8 Å². The summed E-state index contributed by atoms with van der Waals surface area (Å²) < 4.78 is 49.3. The lowest BCUT2D eigenvalue weighted by molar-refractivity contribution is 0.0145.